The first-order chi connectivity index (χ1) is 17.9. The van der Waals surface area contributed by atoms with Crippen LogP contribution in [0.1, 0.15) is 35.2 Å². The van der Waals surface area contributed by atoms with E-state index in [0.29, 0.717) is 42.0 Å². The summed E-state index contributed by atoms with van der Waals surface area (Å²) >= 11 is 0. The van der Waals surface area contributed by atoms with E-state index in [9.17, 15) is 14.7 Å². The molecule has 1 fully saturated rings. The lowest BCUT2D eigenvalue weighted by Gasteiger charge is -2.26. The van der Waals surface area contributed by atoms with Gasteiger partial charge in [-0.2, -0.15) is 0 Å². The van der Waals surface area contributed by atoms with Gasteiger partial charge in [-0.1, -0.05) is 36.4 Å². The van der Waals surface area contributed by atoms with Gasteiger partial charge in [-0.05, 0) is 60.4 Å². The van der Waals surface area contributed by atoms with Crippen LogP contribution >= 0.6 is 0 Å². The van der Waals surface area contributed by atoms with E-state index in [1.54, 1.807) is 37.4 Å². The van der Waals surface area contributed by atoms with Crippen LogP contribution in [0.3, 0.4) is 0 Å². The van der Waals surface area contributed by atoms with Crippen molar-refractivity contribution >= 4 is 17.4 Å². The Labute approximate surface area is 215 Å². The van der Waals surface area contributed by atoms with Gasteiger partial charge in [-0.15, -0.1) is 0 Å². The van der Waals surface area contributed by atoms with Gasteiger partial charge in [0.2, 0.25) is 0 Å². The van der Waals surface area contributed by atoms with E-state index >= 15 is 0 Å². The Morgan fingerprint density at radius 2 is 1.76 bits per heavy atom. The van der Waals surface area contributed by atoms with E-state index in [-0.39, 0.29) is 17.4 Å². The van der Waals surface area contributed by atoms with Crippen LogP contribution in [0.2, 0.25) is 0 Å². The van der Waals surface area contributed by atoms with Crippen molar-refractivity contribution < 1.29 is 28.9 Å². The Kier molecular flexibility index (Phi) is 6.61. The number of likely N-dealkylation sites (tertiary alicyclic amines) is 1. The summed E-state index contributed by atoms with van der Waals surface area (Å²) in [6.45, 7) is 2.29. The van der Waals surface area contributed by atoms with Gasteiger partial charge in [0.25, 0.3) is 11.7 Å². The standard InChI is InChI=1S/C30H29NO6/c1-18-15-22-16-21(10-11-23(22)37-18)28(32)26-27(20-9-12-24(35-2)25(17-20)36-3)31(30(34)29(26)33)14-13-19-7-5-4-6-8-19/h4-12,16-18,27,32H,13-15H2,1-3H3/b28-26+/t18-,27-/m0/s1. The lowest BCUT2D eigenvalue weighted by atomic mass is 9.94. The zero-order valence-electron chi connectivity index (χ0n) is 21.1. The van der Waals surface area contributed by atoms with Gasteiger partial charge in [0.05, 0.1) is 25.8 Å². The predicted octanol–water partition coefficient (Wildman–Crippen LogP) is 4.69. The number of carbonyl (C=O) groups excluding carboxylic acids is 2. The van der Waals surface area contributed by atoms with Gasteiger partial charge in [-0.3, -0.25) is 9.59 Å². The summed E-state index contributed by atoms with van der Waals surface area (Å²) in [7, 11) is 3.07. The van der Waals surface area contributed by atoms with Gasteiger partial charge in [0, 0.05) is 18.5 Å². The van der Waals surface area contributed by atoms with Crippen LogP contribution in [-0.4, -0.2) is 48.6 Å². The highest BCUT2D eigenvalue weighted by Gasteiger charge is 2.46. The number of methoxy groups -OCH3 is 2. The van der Waals surface area contributed by atoms with Crippen molar-refractivity contribution in [3.05, 3.63) is 94.6 Å². The minimum atomic E-state index is -0.785. The third-order valence-electron chi connectivity index (χ3n) is 6.92. The molecule has 0 radical (unpaired) electrons. The summed E-state index contributed by atoms with van der Waals surface area (Å²) in [4.78, 5) is 28.2. The molecule has 3 aromatic rings. The summed E-state index contributed by atoms with van der Waals surface area (Å²) in [5, 5.41) is 11.5. The maximum Gasteiger partial charge on any atom is 0.295 e. The molecule has 0 aliphatic carbocycles. The van der Waals surface area contributed by atoms with E-state index in [4.69, 9.17) is 14.2 Å². The number of carbonyl (C=O) groups is 2. The monoisotopic (exact) mass is 499 g/mol. The van der Waals surface area contributed by atoms with E-state index in [2.05, 4.69) is 0 Å². The number of ether oxygens (including phenoxy) is 3. The molecule has 0 spiro atoms. The van der Waals surface area contributed by atoms with E-state index in [1.165, 1.54) is 12.0 Å². The Morgan fingerprint density at radius 3 is 2.49 bits per heavy atom. The van der Waals surface area contributed by atoms with Gasteiger partial charge in [0.15, 0.2) is 11.5 Å². The number of benzene rings is 3. The maximum atomic E-state index is 13.4. The van der Waals surface area contributed by atoms with Crippen LogP contribution in [0.25, 0.3) is 5.76 Å². The summed E-state index contributed by atoms with van der Waals surface area (Å²) in [5.74, 6) is 0.204. The van der Waals surface area contributed by atoms with Gasteiger partial charge < -0.3 is 24.2 Å². The molecule has 1 amide bonds. The van der Waals surface area contributed by atoms with Crippen LogP contribution < -0.4 is 14.2 Å². The third kappa shape index (κ3) is 4.53. The average molecular weight is 500 g/mol. The summed E-state index contributed by atoms with van der Waals surface area (Å²) in [5.41, 5.74) is 3.17. The third-order valence-corrected chi connectivity index (χ3v) is 6.92. The molecule has 2 aliphatic heterocycles. The summed E-state index contributed by atoms with van der Waals surface area (Å²) < 4.78 is 16.6. The Bertz CT molecular complexity index is 1380. The molecule has 0 saturated carbocycles. The summed E-state index contributed by atoms with van der Waals surface area (Å²) in [6, 6.07) is 19.6. The number of aliphatic hydroxyl groups is 1. The van der Waals surface area contributed by atoms with Crippen LogP contribution in [-0.2, 0) is 22.4 Å². The molecule has 0 bridgehead atoms. The molecule has 2 aliphatic rings. The molecule has 3 aromatic carbocycles. The van der Waals surface area contributed by atoms with E-state index in [1.807, 2.05) is 43.3 Å². The molecule has 190 valence electrons. The average Bonchev–Trinajstić information content (AvgIpc) is 3.42. The second-order valence-corrected chi connectivity index (χ2v) is 9.30. The Hall–Kier alpha value is -4.26. The minimum Gasteiger partial charge on any atom is -0.507 e. The summed E-state index contributed by atoms with van der Waals surface area (Å²) in [6.07, 6.45) is 1.31. The van der Waals surface area contributed by atoms with Crippen molar-refractivity contribution in [3.8, 4) is 17.2 Å². The normalized spacial score (nSPS) is 20.0. The molecule has 7 heteroatoms. The number of Topliss-reactive ketones (excluding diaryl/α,β-unsaturated/α-hetero) is 1. The number of nitrogens with zero attached hydrogens (tertiary/aromatic N) is 1. The second-order valence-electron chi connectivity index (χ2n) is 9.30. The Morgan fingerprint density at radius 1 is 1.00 bits per heavy atom. The molecule has 5 rings (SSSR count). The van der Waals surface area contributed by atoms with Crippen molar-refractivity contribution in [2.24, 2.45) is 0 Å². The van der Waals surface area contributed by atoms with Gasteiger partial charge in [-0.25, -0.2) is 0 Å². The van der Waals surface area contributed by atoms with Crippen molar-refractivity contribution in [2.45, 2.75) is 31.9 Å². The SMILES string of the molecule is COc1ccc([C@H]2/C(=C(\O)c3ccc4c(c3)C[C@H](C)O4)C(=O)C(=O)N2CCc2ccccc2)cc1OC. The number of fused-ring (bicyclic) bond motifs is 1. The molecule has 2 heterocycles. The van der Waals surface area contributed by atoms with E-state index in [0.717, 1.165) is 16.9 Å². The smallest absolute Gasteiger partial charge is 0.295 e. The van der Waals surface area contributed by atoms with Crippen LogP contribution in [0.5, 0.6) is 17.2 Å². The molecule has 2 atom stereocenters. The van der Waals surface area contributed by atoms with Crippen LogP contribution in [0.15, 0.2) is 72.3 Å². The maximum absolute atomic E-state index is 13.4. The fraction of sp³-hybridized carbons (Fsp3) is 0.267. The largest absolute Gasteiger partial charge is 0.507 e. The number of hydrogen-bond donors (Lipinski definition) is 1. The van der Waals surface area contributed by atoms with Crippen molar-refractivity contribution in [3.63, 3.8) is 0 Å². The molecule has 1 saturated heterocycles. The zero-order chi connectivity index (χ0) is 26.1. The lowest BCUT2D eigenvalue weighted by molar-refractivity contribution is -0.139. The first-order valence-corrected chi connectivity index (χ1v) is 12.3. The van der Waals surface area contributed by atoms with Crippen molar-refractivity contribution in [1.82, 2.24) is 4.90 Å². The molecular weight excluding hydrogens is 470 g/mol. The predicted molar refractivity (Wildman–Crippen MR) is 139 cm³/mol. The van der Waals surface area contributed by atoms with Gasteiger partial charge in [0.1, 0.15) is 17.6 Å². The number of aliphatic hydroxyl groups excluding tert-OH is 1. The number of rotatable bonds is 7. The fourth-order valence-corrected chi connectivity index (χ4v) is 5.10. The molecular formula is C30H29NO6. The number of amides is 1. The lowest BCUT2D eigenvalue weighted by Crippen LogP contribution is -2.31. The molecule has 0 aromatic heterocycles. The fourth-order valence-electron chi connectivity index (χ4n) is 5.10. The first-order valence-electron chi connectivity index (χ1n) is 12.3. The van der Waals surface area contributed by atoms with Crippen molar-refractivity contribution in [1.29, 1.82) is 0 Å². The first kappa shape index (κ1) is 24.4. The topological polar surface area (TPSA) is 85.3 Å². The van der Waals surface area contributed by atoms with Crippen molar-refractivity contribution in [2.75, 3.05) is 20.8 Å². The molecule has 7 nitrogen and oxygen atoms in total. The second kappa shape index (κ2) is 10.0. The number of hydrogen-bond acceptors (Lipinski definition) is 6. The molecule has 1 N–H and O–H groups in total. The molecule has 37 heavy (non-hydrogen) atoms. The highest BCUT2D eigenvalue weighted by molar-refractivity contribution is 6.46. The number of ketones is 1. The highest BCUT2D eigenvalue weighted by atomic mass is 16.5. The van der Waals surface area contributed by atoms with Crippen LogP contribution in [0, 0.1) is 0 Å². The Balaban J connectivity index is 1.60. The van der Waals surface area contributed by atoms with Gasteiger partial charge >= 0.3 is 0 Å². The highest BCUT2D eigenvalue weighted by Crippen LogP contribution is 2.42. The zero-order valence-corrected chi connectivity index (χ0v) is 21.1. The molecule has 0 unspecified atom stereocenters. The quantitative estimate of drug-likeness (QED) is 0.288. The minimum absolute atomic E-state index is 0.0442. The van der Waals surface area contributed by atoms with Crippen LogP contribution in [0.4, 0.5) is 0 Å². The van der Waals surface area contributed by atoms with E-state index < -0.39 is 17.7 Å².